The van der Waals surface area contributed by atoms with Crippen molar-refractivity contribution >= 4 is 33.0 Å². The van der Waals surface area contributed by atoms with Crippen molar-refractivity contribution in [2.24, 2.45) is 0 Å². The van der Waals surface area contributed by atoms with Gasteiger partial charge in [0.1, 0.15) is 11.6 Å². The van der Waals surface area contributed by atoms with E-state index >= 15 is 4.39 Å². The topological polar surface area (TPSA) is 96.9 Å². The average Bonchev–Trinajstić information content (AvgIpc) is 3.52. The maximum atomic E-state index is 15.9. The van der Waals surface area contributed by atoms with Gasteiger partial charge >= 0.3 is 0 Å². The fraction of sp³-hybridized carbons (Fsp3) is 0.269. The van der Waals surface area contributed by atoms with Gasteiger partial charge in [0.2, 0.25) is 5.95 Å². The minimum atomic E-state index is -4.77. The lowest BCUT2D eigenvalue weighted by Gasteiger charge is -2.14. The number of hydrogen-bond donors (Lipinski definition) is 2. The molecule has 38 heavy (non-hydrogen) atoms. The molecular weight excluding hydrogens is 535 g/mol. The van der Waals surface area contributed by atoms with Crippen LogP contribution in [0.25, 0.3) is 21.8 Å². The van der Waals surface area contributed by atoms with Gasteiger partial charge in [-0.05, 0) is 43.2 Å². The van der Waals surface area contributed by atoms with Crippen LogP contribution in [0.15, 0.2) is 53.6 Å². The zero-order valence-corrected chi connectivity index (χ0v) is 22.4. The Kier molecular flexibility index (Phi) is 6.64. The van der Waals surface area contributed by atoms with Gasteiger partial charge in [0.05, 0.1) is 27.0 Å². The number of anilines is 2. The molecule has 0 amide bonds. The summed E-state index contributed by atoms with van der Waals surface area (Å²) in [5.74, 6) is -3.06. The molecule has 2 N–H and O–H groups in total. The van der Waals surface area contributed by atoms with Crippen molar-refractivity contribution in [3.05, 3.63) is 71.1 Å². The molecule has 1 aliphatic carbocycles. The predicted molar refractivity (Wildman–Crippen MR) is 141 cm³/mol. The minimum Gasteiger partial charge on any atom is -0.351 e. The number of benzene rings is 2. The summed E-state index contributed by atoms with van der Waals surface area (Å²) < 4.78 is 71.8. The highest BCUT2D eigenvalue weighted by Crippen LogP contribution is 2.42. The summed E-state index contributed by atoms with van der Waals surface area (Å²) in [6.07, 6.45) is 3.69. The number of aromatic nitrogens is 3. The van der Waals surface area contributed by atoms with Gasteiger partial charge in [-0.15, -0.1) is 11.3 Å². The Bertz CT molecular complexity index is 1610. The van der Waals surface area contributed by atoms with Crippen molar-refractivity contribution in [3.8, 4) is 21.8 Å². The van der Waals surface area contributed by atoms with E-state index < -0.39 is 38.1 Å². The first kappa shape index (κ1) is 26.1. The molecule has 0 aliphatic heterocycles. The third kappa shape index (κ3) is 5.23. The molecule has 0 saturated heterocycles. The van der Waals surface area contributed by atoms with Crippen molar-refractivity contribution < 1.29 is 21.6 Å². The zero-order chi connectivity index (χ0) is 27.2. The monoisotopic (exact) mass is 559 g/mol. The molecule has 0 unspecified atom stereocenters. The number of halogens is 3. The summed E-state index contributed by atoms with van der Waals surface area (Å²) in [5, 5.41) is 3.96. The van der Waals surface area contributed by atoms with E-state index in [0.717, 1.165) is 36.0 Å². The van der Waals surface area contributed by atoms with Crippen molar-refractivity contribution in [2.45, 2.75) is 50.0 Å². The molecule has 2 aromatic heterocycles. The second-order valence-electron chi connectivity index (χ2n) is 9.95. The van der Waals surface area contributed by atoms with Gasteiger partial charge in [0.15, 0.2) is 10.7 Å². The number of nitrogens with one attached hydrogen (secondary N) is 2. The third-order valence-corrected chi connectivity index (χ3v) is 8.67. The van der Waals surface area contributed by atoms with Crippen molar-refractivity contribution in [2.75, 3.05) is 10.0 Å². The predicted octanol–water partition coefficient (Wildman–Crippen LogP) is 6.36. The van der Waals surface area contributed by atoms with Crippen LogP contribution < -0.4 is 10.0 Å². The molecule has 1 saturated carbocycles. The Balaban J connectivity index is 1.59. The Morgan fingerprint density at radius 2 is 1.66 bits per heavy atom. The normalized spacial score (nSPS) is 13.9. The molecule has 2 heterocycles. The first-order valence-corrected chi connectivity index (χ1v) is 14.1. The SMILES string of the molecule is CC(C)(C)c1nc(-c2cccc(NS(=O)(=O)c3c(F)cccc3F)c2F)c(-c2ccnc(NC3CC3)n2)s1. The Morgan fingerprint density at radius 3 is 2.32 bits per heavy atom. The molecule has 198 valence electrons. The van der Waals surface area contributed by atoms with Crippen LogP contribution >= 0.6 is 11.3 Å². The molecule has 0 bridgehead atoms. The third-order valence-electron chi connectivity index (χ3n) is 5.75. The van der Waals surface area contributed by atoms with Gasteiger partial charge < -0.3 is 5.32 Å². The molecule has 7 nitrogen and oxygen atoms in total. The van der Waals surface area contributed by atoms with Gasteiger partial charge in [-0.2, -0.15) is 0 Å². The van der Waals surface area contributed by atoms with E-state index in [0.29, 0.717) is 22.6 Å². The summed E-state index contributed by atoms with van der Waals surface area (Å²) in [6, 6.07) is 8.78. The summed E-state index contributed by atoms with van der Waals surface area (Å²) >= 11 is 1.35. The quantitative estimate of drug-likeness (QED) is 0.274. The molecular formula is C26H24F3N5O2S2. The van der Waals surface area contributed by atoms with E-state index in [2.05, 4.69) is 15.3 Å². The fourth-order valence-corrected chi connectivity index (χ4v) is 6.00. The second-order valence-corrected chi connectivity index (χ2v) is 12.6. The van der Waals surface area contributed by atoms with E-state index in [1.807, 2.05) is 25.5 Å². The Morgan fingerprint density at radius 1 is 0.974 bits per heavy atom. The van der Waals surface area contributed by atoms with Gasteiger partial charge in [0, 0.05) is 23.2 Å². The molecule has 1 fully saturated rings. The molecule has 4 aromatic rings. The Labute approximate surface area is 222 Å². The standard InChI is InChI=1S/C26H24F3N5O2S2/c1-26(2,3)24-33-21(22(37-24)19-12-13-30-25(32-19)31-14-10-11-14)15-6-4-9-18(20(15)29)34-38(35,36)23-16(27)7-5-8-17(23)28/h4-9,12-14,34H,10-11H2,1-3H3,(H,30,31,32). The van der Waals surface area contributed by atoms with Crippen LogP contribution in [0.4, 0.5) is 24.8 Å². The lowest BCUT2D eigenvalue weighted by molar-refractivity contribution is 0.521. The van der Waals surface area contributed by atoms with Crippen LogP contribution in [0, 0.1) is 17.5 Å². The number of hydrogen-bond acceptors (Lipinski definition) is 7. The number of thiazole rings is 1. The summed E-state index contributed by atoms with van der Waals surface area (Å²) in [6.45, 7) is 5.93. The summed E-state index contributed by atoms with van der Waals surface area (Å²) in [7, 11) is -4.77. The molecule has 12 heteroatoms. The van der Waals surface area contributed by atoms with Crippen LogP contribution in [0.2, 0.25) is 0 Å². The second kappa shape index (κ2) is 9.66. The summed E-state index contributed by atoms with van der Waals surface area (Å²) in [5.41, 5.74) is -0.0225. The van der Waals surface area contributed by atoms with Gasteiger partial charge in [0.25, 0.3) is 10.0 Å². The smallest absolute Gasteiger partial charge is 0.267 e. The van der Waals surface area contributed by atoms with E-state index in [-0.39, 0.29) is 16.7 Å². The van der Waals surface area contributed by atoms with Crippen LogP contribution in [-0.2, 0) is 15.4 Å². The highest BCUT2D eigenvalue weighted by Gasteiger charge is 2.29. The highest BCUT2D eigenvalue weighted by atomic mass is 32.2. The highest BCUT2D eigenvalue weighted by molar-refractivity contribution is 7.92. The molecule has 1 aliphatic rings. The van der Waals surface area contributed by atoms with E-state index in [1.54, 1.807) is 12.3 Å². The van der Waals surface area contributed by atoms with Crippen LogP contribution in [0.5, 0.6) is 0 Å². The maximum Gasteiger partial charge on any atom is 0.267 e. The Hall–Kier alpha value is -3.51. The van der Waals surface area contributed by atoms with Gasteiger partial charge in [-0.1, -0.05) is 32.9 Å². The fourth-order valence-electron chi connectivity index (χ4n) is 3.69. The first-order chi connectivity index (χ1) is 17.9. The van der Waals surface area contributed by atoms with Gasteiger partial charge in [-0.25, -0.2) is 36.5 Å². The minimum absolute atomic E-state index is 0.0104. The zero-order valence-electron chi connectivity index (χ0n) is 20.7. The maximum absolute atomic E-state index is 15.9. The van der Waals surface area contributed by atoms with Crippen LogP contribution in [0.3, 0.4) is 0 Å². The molecule has 0 radical (unpaired) electrons. The van der Waals surface area contributed by atoms with Crippen molar-refractivity contribution in [1.29, 1.82) is 0 Å². The van der Waals surface area contributed by atoms with E-state index in [1.165, 1.54) is 29.5 Å². The lowest BCUT2D eigenvalue weighted by Crippen LogP contribution is -2.17. The molecule has 5 rings (SSSR count). The number of sulfonamides is 1. The molecule has 2 aromatic carbocycles. The largest absolute Gasteiger partial charge is 0.351 e. The first-order valence-electron chi connectivity index (χ1n) is 11.8. The van der Waals surface area contributed by atoms with E-state index in [4.69, 9.17) is 4.98 Å². The van der Waals surface area contributed by atoms with Crippen molar-refractivity contribution in [3.63, 3.8) is 0 Å². The lowest BCUT2D eigenvalue weighted by atomic mass is 9.98. The van der Waals surface area contributed by atoms with Gasteiger partial charge in [-0.3, -0.25) is 4.72 Å². The van der Waals surface area contributed by atoms with Crippen LogP contribution in [-0.4, -0.2) is 29.4 Å². The number of rotatable bonds is 7. The molecule has 0 atom stereocenters. The van der Waals surface area contributed by atoms with E-state index in [9.17, 15) is 17.2 Å². The molecule has 0 spiro atoms. The van der Waals surface area contributed by atoms with Crippen molar-refractivity contribution in [1.82, 2.24) is 15.0 Å². The number of nitrogens with zero attached hydrogens (tertiary/aromatic N) is 3. The summed E-state index contributed by atoms with van der Waals surface area (Å²) in [4.78, 5) is 13.0. The average molecular weight is 560 g/mol. The van der Waals surface area contributed by atoms with Crippen LogP contribution in [0.1, 0.15) is 38.6 Å².